The molecule has 1 unspecified atom stereocenters. The summed E-state index contributed by atoms with van der Waals surface area (Å²) in [5, 5.41) is 7.90. The van der Waals surface area contributed by atoms with Crippen molar-refractivity contribution in [2.75, 3.05) is 20.6 Å². The first kappa shape index (κ1) is 18.3. The van der Waals surface area contributed by atoms with Crippen LogP contribution in [0.5, 0.6) is 0 Å². The smallest absolute Gasteiger partial charge is 0.242 e. The molecule has 0 spiro atoms. The van der Waals surface area contributed by atoms with E-state index in [1.54, 1.807) is 14.1 Å². The summed E-state index contributed by atoms with van der Waals surface area (Å²) in [7, 11) is 3.24. The lowest BCUT2D eigenvalue weighted by Crippen LogP contribution is -2.50. The van der Waals surface area contributed by atoms with Gasteiger partial charge in [0.2, 0.25) is 11.8 Å². The third-order valence-electron chi connectivity index (χ3n) is 1.85. The molecule has 0 radical (unpaired) electrons. The summed E-state index contributed by atoms with van der Waals surface area (Å²) in [6, 6.07) is -0.458. The summed E-state index contributed by atoms with van der Waals surface area (Å²) in [5.74, 6) is -0.255. The first-order valence-electron chi connectivity index (χ1n) is 6.09. The lowest BCUT2D eigenvalue weighted by Gasteiger charge is -2.20. The molecule has 0 bridgehead atoms. The van der Waals surface area contributed by atoms with Crippen LogP contribution in [0.25, 0.3) is 0 Å². The number of carbonyl (C=O) groups is 2. The molecule has 0 fully saturated rings. The van der Waals surface area contributed by atoms with E-state index in [-0.39, 0.29) is 24.3 Å². The minimum Gasteiger partial charge on any atom is -0.357 e. The molecule has 5 nitrogen and oxygen atoms in total. The van der Waals surface area contributed by atoms with Crippen molar-refractivity contribution in [3.8, 4) is 0 Å². The van der Waals surface area contributed by atoms with Crippen molar-refractivity contribution in [2.24, 2.45) is 5.92 Å². The Balaban J connectivity index is 0. The number of likely N-dealkylation sites (N-methyl/N-ethyl adjacent to an activating group) is 2. The van der Waals surface area contributed by atoms with Crippen LogP contribution in [0.3, 0.4) is 0 Å². The van der Waals surface area contributed by atoms with Gasteiger partial charge in [0.1, 0.15) is 6.04 Å². The molecule has 0 aromatic rings. The van der Waals surface area contributed by atoms with E-state index in [2.05, 4.69) is 29.8 Å². The van der Waals surface area contributed by atoms with Gasteiger partial charge in [0.25, 0.3) is 0 Å². The number of nitrogens with one attached hydrogen (secondary N) is 3. The second-order valence-electron chi connectivity index (χ2n) is 4.14. The van der Waals surface area contributed by atoms with Crippen molar-refractivity contribution in [2.45, 2.75) is 40.2 Å². The van der Waals surface area contributed by atoms with Crippen LogP contribution in [0.1, 0.15) is 34.1 Å². The standard InChI is InChI=1S/C9H19N3O2.C3H8/c1-6(2)8(9(14)11-4)12-7(13)5-10-3;1-3-2/h6,8,10H,5H2,1-4H3,(H,11,14)(H,12,13);3H2,1-2H3. The van der Waals surface area contributed by atoms with Crippen LogP contribution in [0.15, 0.2) is 0 Å². The molecule has 102 valence electrons. The van der Waals surface area contributed by atoms with Crippen LogP contribution in [-0.2, 0) is 9.59 Å². The van der Waals surface area contributed by atoms with E-state index in [1.807, 2.05) is 13.8 Å². The van der Waals surface area contributed by atoms with Crippen molar-refractivity contribution in [1.29, 1.82) is 0 Å². The fraction of sp³-hybridized carbons (Fsp3) is 0.833. The van der Waals surface area contributed by atoms with Gasteiger partial charge in [-0.15, -0.1) is 0 Å². The molecular formula is C12H27N3O2. The molecule has 0 heterocycles. The molecule has 5 heteroatoms. The Bertz CT molecular complexity index is 218. The molecule has 0 aromatic carbocycles. The van der Waals surface area contributed by atoms with Crippen molar-refractivity contribution >= 4 is 11.8 Å². The van der Waals surface area contributed by atoms with Gasteiger partial charge < -0.3 is 16.0 Å². The monoisotopic (exact) mass is 245 g/mol. The maximum atomic E-state index is 11.3. The van der Waals surface area contributed by atoms with E-state index in [0.29, 0.717) is 0 Å². The van der Waals surface area contributed by atoms with E-state index >= 15 is 0 Å². The summed E-state index contributed by atoms with van der Waals surface area (Å²) < 4.78 is 0. The molecule has 0 aliphatic carbocycles. The zero-order chi connectivity index (χ0) is 13.8. The van der Waals surface area contributed by atoms with Gasteiger partial charge in [0, 0.05) is 7.05 Å². The van der Waals surface area contributed by atoms with E-state index in [9.17, 15) is 9.59 Å². The van der Waals surface area contributed by atoms with E-state index in [4.69, 9.17) is 0 Å². The molecule has 0 saturated carbocycles. The number of amides is 2. The van der Waals surface area contributed by atoms with Crippen LogP contribution >= 0.6 is 0 Å². The quantitative estimate of drug-likeness (QED) is 0.661. The van der Waals surface area contributed by atoms with Gasteiger partial charge in [0.15, 0.2) is 0 Å². The van der Waals surface area contributed by atoms with Gasteiger partial charge in [0.05, 0.1) is 6.54 Å². The molecule has 0 aromatic heterocycles. The highest BCUT2D eigenvalue weighted by Crippen LogP contribution is 2.00. The first-order valence-corrected chi connectivity index (χ1v) is 6.09. The highest BCUT2D eigenvalue weighted by molar-refractivity contribution is 5.88. The van der Waals surface area contributed by atoms with Crippen LogP contribution in [0, 0.1) is 5.92 Å². The largest absolute Gasteiger partial charge is 0.357 e. The number of carbonyl (C=O) groups excluding carboxylic acids is 2. The zero-order valence-electron chi connectivity index (χ0n) is 11.9. The molecule has 0 rings (SSSR count). The second-order valence-corrected chi connectivity index (χ2v) is 4.14. The van der Waals surface area contributed by atoms with Gasteiger partial charge >= 0.3 is 0 Å². The van der Waals surface area contributed by atoms with Crippen molar-refractivity contribution in [3.63, 3.8) is 0 Å². The highest BCUT2D eigenvalue weighted by atomic mass is 16.2. The lowest BCUT2D eigenvalue weighted by molar-refractivity contribution is -0.129. The van der Waals surface area contributed by atoms with Crippen molar-refractivity contribution in [1.82, 2.24) is 16.0 Å². The molecule has 1 atom stereocenters. The maximum absolute atomic E-state index is 11.3. The first-order chi connectivity index (χ1) is 7.94. The Morgan fingerprint density at radius 3 is 1.88 bits per heavy atom. The minimum absolute atomic E-state index is 0.0794. The van der Waals surface area contributed by atoms with E-state index in [0.717, 1.165) is 0 Å². The highest BCUT2D eigenvalue weighted by Gasteiger charge is 2.22. The fourth-order valence-corrected chi connectivity index (χ4v) is 1.08. The summed E-state index contributed by atoms with van der Waals surface area (Å²) in [4.78, 5) is 22.6. The Hall–Kier alpha value is -1.10. The topological polar surface area (TPSA) is 70.2 Å². The molecule has 2 amide bonds. The number of hydrogen-bond acceptors (Lipinski definition) is 3. The average molecular weight is 245 g/mol. The zero-order valence-corrected chi connectivity index (χ0v) is 11.9. The lowest BCUT2D eigenvalue weighted by atomic mass is 10.0. The maximum Gasteiger partial charge on any atom is 0.242 e. The summed E-state index contributed by atoms with van der Waals surface area (Å²) >= 11 is 0. The van der Waals surface area contributed by atoms with Gasteiger partial charge in [-0.3, -0.25) is 9.59 Å². The van der Waals surface area contributed by atoms with Gasteiger partial charge in [-0.25, -0.2) is 0 Å². The third kappa shape index (κ3) is 9.81. The third-order valence-corrected chi connectivity index (χ3v) is 1.85. The average Bonchev–Trinajstić information content (AvgIpc) is 2.26. The minimum atomic E-state index is -0.458. The number of hydrogen-bond donors (Lipinski definition) is 3. The predicted octanol–water partition coefficient (Wildman–Crippen LogP) is 0.509. The van der Waals surface area contributed by atoms with Gasteiger partial charge in [-0.1, -0.05) is 34.1 Å². The normalized spacial score (nSPS) is 11.2. The molecule has 3 N–H and O–H groups in total. The van der Waals surface area contributed by atoms with Crippen LogP contribution in [-0.4, -0.2) is 38.5 Å². The van der Waals surface area contributed by atoms with Crippen LogP contribution in [0.4, 0.5) is 0 Å². The second kappa shape index (κ2) is 11.4. The predicted molar refractivity (Wildman–Crippen MR) is 70.7 cm³/mol. The fourth-order valence-electron chi connectivity index (χ4n) is 1.08. The summed E-state index contributed by atoms with van der Waals surface area (Å²) in [6.07, 6.45) is 1.25. The molecule has 0 aliphatic rings. The summed E-state index contributed by atoms with van der Waals surface area (Å²) in [5.41, 5.74) is 0. The Morgan fingerprint density at radius 1 is 1.12 bits per heavy atom. The molecule has 0 aliphatic heterocycles. The Kier molecular flexibility index (Phi) is 12.2. The van der Waals surface area contributed by atoms with Crippen molar-refractivity contribution < 1.29 is 9.59 Å². The molecule has 0 saturated heterocycles. The van der Waals surface area contributed by atoms with Crippen LogP contribution < -0.4 is 16.0 Å². The SMILES string of the molecule is CCC.CNCC(=O)NC(C(=O)NC)C(C)C. The molecular weight excluding hydrogens is 218 g/mol. The van der Waals surface area contributed by atoms with Crippen LogP contribution in [0.2, 0.25) is 0 Å². The Morgan fingerprint density at radius 2 is 1.59 bits per heavy atom. The summed E-state index contributed by atoms with van der Waals surface area (Å²) in [6.45, 7) is 8.25. The van der Waals surface area contributed by atoms with Crippen molar-refractivity contribution in [3.05, 3.63) is 0 Å². The Labute approximate surface area is 105 Å². The van der Waals surface area contributed by atoms with Gasteiger partial charge in [-0.2, -0.15) is 0 Å². The molecule has 17 heavy (non-hydrogen) atoms. The number of rotatable bonds is 5. The van der Waals surface area contributed by atoms with Gasteiger partial charge in [-0.05, 0) is 13.0 Å². The van der Waals surface area contributed by atoms with E-state index in [1.165, 1.54) is 6.42 Å². The van der Waals surface area contributed by atoms with E-state index < -0.39 is 6.04 Å².